The molecule has 1 heterocycles. The molecule has 1 aromatic heterocycles. The number of rotatable bonds is 6. The molecule has 0 saturated heterocycles. The zero-order valence-corrected chi connectivity index (χ0v) is 15.1. The molecular formula is C19H16ClFN4O2. The van der Waals surface area contributed by atoms with Crippen molar-refractivity contribution in [1.82, 2.24) is 15.6 Å². The Hall–Kier alpha value is -3.19. The van der Waals surface area contributed by atoms with Crippen LogP contribution >= 0.6 is 11.6 Å². The second-order valence-electron chi connectivity index (χ2n) is 5.43. The Morgan fingerprint density at radius 3 is 2.93 bits per heavy atom. The Morgan fingerprint density at radius 1 is 1.33 bits per heavy atom. The number of hydrogen-bond acceptors (Lipinski definition) is 4. The quantitative estimate of drug-likeness (QED) is 0.496. The number of hydrazone groups is 1. The lowest BCUT2D eigenvalue weighted by Crippen LogP contribution is -2.18. The molecule has 2 aromatic carbocycles. The summed E-state index contributed by atoms with van der Waals surface area (Å²) >= 11 is 5.90. The van der Waals surface area contributed by atoms with Crippen LogP contribution in [0.2, 0.25) is 5.02 Å². The number of carbonyl (C=O) groups excluding carboxylic acids is 1. The Bertz CT molecular complexity index is 967. The predicted molar refractivity (Wildman–Crippen MR) is 102 cm³/mol. The predicted octanol–water partition coefficient (Wildman–Crippen LogP) is 4.03. The highest BCUT2D eigenvalue weighted by molar-refractivity contribution is 6.33. The molecule has 0 bridgehead atoms. The molecule has 3 aromatic rings. The summed E-state index contributed by atoms with van der Waals surface area (Å²) in [6.45, 7) is 2.40. The van der Waals surface area contributed by atoms with Crippen molar-refractivity contribution in [2.45, 2.75) is 6.92 Å². The molecule has 8 heteroatoms. The van der Waals surface area contributed by atoms with Gasteiger partial charge in [-0.3, -0.25) is 9.89 Å². The third-order valence-electron chi connectivity index (χ3n) is 3.64. The first-order chi connectivity index (χ1) is 13.1. The van der Waals surface area contributed by atoms with Gasteiger partial charge >= 0.3 is 0 Å². The zero-order chi connectivity index (χ0) is 19.2. The van der Waals surface area contributed by atoms with Gasteiger partial charge in [-0.25, -0.2) is 9.82 Å². The summed E-state index contributed by atoms with van der Waals surface area (Å²) < 4.78 is 19.2. The van der Waals surface area contributed by atoms with E-state index < -0.39 is 11.7 Å². The van der Waals surface area contributed by atoms with E-state index in [0.717, 1.165) is 11.8 Å². The number of carbonyl (C=O) groups is 1. The van der Waals surface area contributed by atoms with Gasteiger partial charge in [0.05, 0.1) is 23.5 Å². The summed E-state index contributed by atoms with van der Waals surface area (Å²) in [7, 11) is 0. The number of H-pyrrole nitrogens is 1. The highest BCUT2D eigenvalue weighted by Gasteiger charge is 2.13. The number of nitrogens with one attached hydrogen (secondary N) is 2. The number of aromatic amines is 1. The summed E-state index contributed by atoms with van der Waals surface area (Å²) in [6.07, 6.45) is 1.15. The Kier molecular flexibility index (Phi) is 5.83. The van der Waals surface area contributed by atoms with Crippen molar-refractivity contribution in [3.05, 3.63) is 70.6 Å². The van der Waals surface area contributed by atoms with Gasteiger partial charge in [-0.15, -0.1) is 0 Å². The lowest BCUT2D eigenvalue weighted by atomic mass is 10.1. The topological polar surface area (TPSA) is 79.4 Å². The van der Waals surface area contributed by atoms with Crippen molar-refractivity contribution >= 4 is 23.7 Å². The standard InChI is InChI=1S/C19H16ClFN4O2/c1-2-27-18-9-4-3-6-12(18)16-10-17(24-23-16)19(26)25-22-11-13-14(20)7-5-8-15(13)21/h3-11H,2H2,1H3,(H,23,24)(H,25,26)/b22-11+. The first-order valence-corrected chi connectivity index (χ1v) is 8.53. The molecule has 0 fully saturated rings. The van der Waals surface area contributed by atoms with Gasteiger partial charge in [0.15, 0.2) is 0 Å². The van der Waals surface area contributed by atoms with Gasteiger partial charge in [0.1, 0.15) is 17.3 Å². The first kappa shape index (κ1) is 18.6. The third-order valence-corrected chi connectivity index (χ3v) is 3.97. The van der Waals surface area contributed by atoms with Crippen LogP contribution in [-0.4, -0.2) is 28.9 Å². The summed E-state index contributed by atoms with van der Waals surface area (Å²) in [5, 5.41) is 10.7. The SMILES string of the molecule is CCOc1ccccc1-c1cc(C(=O)N/N=C/c2c(F)cccc2Cl)[nH]n1. The van der Waals surface area contributed by atoms with Crippen LogP contribution in [0, 0.1) is 5.82 Å². The smallest absolute Gasteiger partial charge is 0.289 e. The molecule has 2 N–H and O–H groups in total. The highest BCUT2D eigenvalue weighted by atomic mass is 35.5. The number of hydrogen-bond donors (Lipinski definition) is 2. The van der Waals surface area contributed by atoms with Gasteiger partial charge in [-0.2, -0.15) is 10.2 Å². The minimum absolute atomic E-state index is 0.0930. The summed E-state index contributed by atoms with van der Waals surface area (Å²) in [4.78, 5) is 12.2. The van der Waals surface area contributed by atoms with Crippen LogP contribution < -0.4 is 10.2 Å². The fraction of sp³-hybridized carbons (Fsp3) is 0.105. The fourth-order valence-electron chi connectivity index (χ4n) is 2.39. The maximum atomic E-state index is 13.7. The van der Waals surface area contributed by atoms with E-state index in [1.807, 2.05) is 31.2 Å². The van der Waals surface area contributed by atoms with E-state index in [-0.39, 0.29) is 16.3 Å². The van der Waals surface area contributed by atoms with E-state index in [0.29, 0.717) is 18.1 Å². The van der Waals surface area contributed by atoms with Crippen molar-refractivity contribution in [2.24, 2.45) is 5.10 Å². The van der Waals surface area contributed by atoms with E-state index in [9.17, 15) is 9.18 Å². The number of halogens is 2. The van der Waals surface area contributed by atoms with Crippen molar-refractivity contribution in [3.8, 4) is 17.0 Å². The second kappa shape index (κ2) is 8.46. The van der Waals surface area contributed by atoms with Gasteiger partial charge < -0.3 is 4.74 Å². The van der Waals surface area contributed by atoms with Crippen LogP contribution in [-0.2, 0) is 0 Å². The van der Waals surface area contributed by atoms with E-state index in [2.05, 4.69) is 20.7 Å². The van der Waals surface area contributed by atoms with Crippen LogP contribution in [0.15, 0.2) is 53.6 Å². The maximum Gasteiger partial charge on any atom is 0.289 e. The normalized spacial score (nSPS) is 10.9. The Labute approximate surface area is 160 Å². The van der Waals surface area contributed by atoms with Gasteiger partial charge in [-0.1, -0.05) is 29.8 Å². The number of amides is 1. The van der Waals surface area contributed by atoms with Crippen LogP contribution in [0.5, 0.6) is 5.75 Å². The minimum Gasteiger partial charge on any atom is -0.493 e. The average molecular weight is 387 g/mol. The summed E-state index contributed by atoms with van der Waals surface area (Å²) in [5.41, 5.74) is 3.92. The molecule has 27 heavy (non-hydrogen) atoms. The van der Waals surface area contributed by atoms with E-state index >= 15 is 0 Å². The van der Waals surface area contributed by atoms with Crippen molar-refractivity contribution in [1.29, 1.82) is 0 Å². The Balaban J connectivity index is 1.73. The highest BCUT2D eigenvalue weighted by Crippen LogP contribution is 2.28. The minimum atomic E-state index is -0.531. The molecular weight excluding hydrogens is 371 g/mol. The third kappa shape index (κ3) is 4.32. The second-order valence-corrected chi connectivity index (χ2v) is 5.84. The van der Waals surface area contributed by atoms with Crippen LogP contribution in [0.4, 0.5) is 4.39 Å². The number of nitrogens with zero attached hydrogens (tertiary/aromatic N) is 2. The number of benzene rings is 2. The molecule has 3 rings (SSSR count). The van der Waals surface area contributed by atoms with Crippen molar-refractivity contribution < 1.29 is 13.9 Å². The fourth-order valence-corrected chi connectivity index (χ4v) is 2.60. The number of aromatic nitrogens is 2. The molecule has 138 valence electrons. The molecule has 0 unspecified atom stereocenters. The van der Waals surface area contributed by atoms with Gasteiger partial charge in [0, 0.05) is 11.1 Å². The summed E-state index contributed by atoms with van der Waals surface area (Å²) in [5.74, 6) is -0.381. The van der Waals surface area contributed by atoms with Crippen molar-refractivity contribution in [2.75, 3.05) is 6.61 Å². The molecule has 0 aliphatic rings. The van der Waals surface area contributed by atoms with Crippen LogP contribution in [0.1, 0.15) is 23.0 Å². The molecule has 0 saturated carbocycles. The molecule has 0 aliphatic heterocycles. The lowest BCUT2D eigenvalue weighted by Gasteiger charge is -2.07. The number of ether oxygens (including phenoxy) is 1. The molecule has 0 aliphatic carbocycles. The molecule has 0 radical (unpaired) electrons. The van der Waals surface area contributed by atoms with E-state index in [1.54, 1.807) is 6.07 Å². The van der Waals surface area contributed by atoms with Gasteiger partial charge in [0.25, 0.3) is 5.91 Å². The monoisotopic (exact) mass is 386 g/mol. The van der Waals surface area contributed by atoms with Crippen molar-refractivity contribution in [3.63, 3.8) is 0 Å². The molecule has 0 spiro atoms. The summed E-state index contributed by atoms with van der Waals surface area (Å²) in [6, 6.07) is 13.2. The Morgan fingerprint density at radius 2 is 2.15 bits per heavy atom. The largest absolute Gasteiger partial charge is 0.493 e. The zero-order valence-electron chi connectivity index (χ0n) is 14.4. The molecule has 0 atom stereocenters. The van der Waals surface area contributed by atoms with E-state index in [4.69, 9.17) is 16.3 Å². The molecule has 6 nitrogen and oxygen atoms in total. The molecule has 1 amide bonds. The first-order valence-electron chi connectivity index (χ1n) is 8.15. The van der Waals surface area contributed by atoms with Gasteiger partial charge in [0.2, 0.25) is 0 Å². The number of para-hydroxylation sites is 1. The van der Waals surface area contributed by atoms with Gasteiger partial charge in [-0.05, 0) is 37.3 Å². The lowest BCUT2D eigenvalue weighted by molar-refractivity contribution is 0.0950. The van der Waals surface area contributed by atoms with Crippen LogP contribution in [0.3, 0.4) is 0 Å². The average Bonchev–Trinajstić information content (AvgIpc) is 3.15. The van der Waals surface area contributed by atoms with Crippen LogP contribution in [0.25, 0.3) is 11.3 Å². The van der Waals surface area contributed by atoms with E-state index in [1.165, 1.54) is 18.2 Å². The maximum absolute atomic E-state index is 13.7.